The molecule has 0 saturated carbocycles. The summed E-state index contributed by atoms with van der Waals surface area (Å²) in [6.07, 6.45) is 0.723. The Balaban J connectivity index is 1.42. The van der Waals surface area contributed by atoms with E-state index in [4.69, 9.17) is 23.0 Å². The van der Waals surface area contributed by atoms with Gasteiger partial charge in [-0.15, -0.1) is 5.10 Å². The van der Waals surface area contributed by atoms with Crippen molar-refractivity contribution in [2.75, 3.05) is 7.11 Å². The van der Waals surface area contributed by atoms with Gasteiger partial charge in [0.15, 0.2) is 5.76 Å². The normalized spacial score (nSPS) is 12.0. The lowest BCUT2D eigenvalue weighted by molar-refractivity contribution is -0.0963. The minimum Gasteiger partial charge on any atom is -0.497 e. The van der Waals surface area contributed by atoms with Crippen LogP contribution < -0.4 is 9.47 Å². The fourth-order valence-corrected chi connectivity index (χ4v) is 3.68. The molecule has 0 spiro atoms. The molecule has 0 aliphatic rings. The van der Waals surface area contributed by atoms with Crippen molar-refractivity contribution in [2.24, 2.45) is 0 Å². The molecule has 5 rings (SSSR count). The number of rotatable bonds is 10. The summed E-state index contributed by atoms with van der Waals surface area (Å²) in [5.41, 5.74) is 2.72. The van der Waals surface area contributed by atoms with Crippen LogP contribution in [-0.2, 0) is 18.0 Å². The minimum atomic E-state index is -0.839. The minimum absolute atomic E-state index is 0.115. The summed E-state index contributed by atoms with van der Waals surface area (Å²) in [5, 5.41) is 14.4. The average molecular weight is 488 g/mol. The van der Waals surface area contributed by atoms with Gasteiger partial charge in [-0.05, 0) is 43.3 Å². The second-order valence-electron chi connectivity index (χ2n) is 7.92. The fourth-order valence-electron chi connectivity index (χ4n) is 3.68. The highest BCUT2D eigenvalue weighted by atomic mass is 16.7. The number of para-hydroxylation sites is 1. The molecule has 9 heteroatoms. The Kier molecular flexibility index (Phi) is 6.83. The van der Waals surface area contributed by atoms with Gasteiger partial charge < -0.3 is 28.2 Å². The maximum absolute atomic E-state index is 9.89. The second kappa shape index (κ2) is 10.5. The molecule has 1 atom stereocenters. The number of ether oxygens (including phenoxy) is 3. The molecule has 1 unspecified atom stereocenters. The summed E-state index contributed by atoms with van der Waals surface area (Å²) >= 11 is 0. The molecule has 36 heavy (non-hydrogen) atoms. The highest BCUT2D eigenvalue weighted by molar-refractivity contribution is 5.44. The van der Waals surface area contributed by atoms with Crippen LogP contribution in [0.3, 0.4) is 0 Å². The zero-order chi connectivity index (χ0) is 24.9. The molecule has 2 aromatic carbocycles. The molecule has 3 aromatic heterocycles. The molecule has 184 valence electrons. The smallest absolute Gasteiger partial charge is 0.263 e. The molecule has 0 aliphatic heterocycles. The van der Waals surface area contributed by atoms with Crippen molar-refractivity contribution in [1.82, 2.24) is 14.8 Å². The van der Waals surface area contributed by atoms with Crippen LogP contribution in [0.25, 0.3) is 17.3 Å². The van der Waals surface area contributed by atoms with Crippen molar-refractivity contribution in [1.29, 1.82) is 0 Å². The summed E-state index contributed by atoms with van der Waals surface area (Å²) in [4.78, 5) is 4.51. The zero-order valence-electron chi connectivity index (χ0n) is 19.8. The zero-order valence-corrected chi connectivity index (χ0v) is 19.8. The fraction of sp³-hybridized carbons (Fsp3) is 0.185. The summed E-state index contributed by atoms with van der Waals surface area (Å²) in [6.45, 7) is 1.72. The van der Waals surface area contributed by atoms with Crippen molar-refractivity contribution in [3.05, 3.63) is 102 Å². The number of methoxy groups -OCH3 is 1. The van der Waals surface area contributed by atoms with Crippen LogP contribution >= 0.6 is 0 Å². The van der Waals surface area contributed by atoms with Crippen LogP contribution in [0.5, 0.6) is 11.6 Å². The quantitative estimate of drug-likeness (QED) is 0.267. The summed E-state index contributed by atoms with van der Waals surface area (Å²) in [6, 6.07) is 22.1. The van der Waals surface area contributed by atoms with E-state index < -0.39 is 6.29 Å². The predicted octanol–water partition coefficient (Wildman–Crippen LogP) is 5.22. The van der Waals surface area contributed by atoms with Crippen molar-refractivity contribution < 1.29 is 28.2 Å². The third-order valence-electron chi connectivity index (χ3n) is 5.51. The predicted molar refractivity (Wildman–Crippen MR) is 130 cm³/mol. The molecule has 0 saturated heterocycles. The standard InChI is InChI=1S/C27H25N3O6/c1-18-23(28-26(35-18)24-12-7-13-33-24)17-34-27(19-8-6-11-22(14-19)32-2)36-25-15-21(16-31)30(29-25)20-9-4-3-5-10-20/h3-15,27,31H,16-17H2,1-2H3. The first kappa shape index (κ1) is 23.4. The van der Waals surface area contributed by atoms with Crippen LogP contribution in [0.1, 0.15) is 29.0 Å². The number of hydrogen-bond donors (Lipinski definition) is 1. The van der Waals surface area contributed by atoms with E-state index in [1.54, 1.807) is 36.3 Å². The Morgan fingerprint density at radius 1 is 1.03 bits per heavy atom. The van der Waals surface area contributed by atoms with Gasteiger partial charge >= 0.3 is 0 Å². The van der Waals surface area contributed by atoms with E-state index in [1.165, 1.54) is 0 Å². The number of nitrogens with zero attached hydrogens (tertiary/aromatic N) is 3. The molecule has 0 aliphatic carbocycles. The van der Waals surface area contributed by atoms with E-state index in [0.29, 0.717) is 40.4 Å². The van der Waals surface area contributed by atoms with Crippen molar-refractivity contribution in [3.8, 4) is 29.0 Å². The number of oxazole rings is 1. The Labute approximate surface area is 207 Å². The van der Waals surface area contributed by atoms with E-state index in [9.17, 15) is 5.11 Å². The largest absolute Gasteiger partial charge is 0.497 e. The van der Waals surface area contributed by atoms with Crippen LogP contribution in [0, 0.1) is 6.92 Å². The van der Waals surface area contributed by atoms with Gasteiger partial charge in [-0.25, -0.2) is 9.67 Å². The number of aryl methyl sites for hydroxylation is 1. The van der Waals surface area contributed by atoms with E-state index in [1.807, 2.05) is 61.5 Å². The highest BCUT2D eigenvalue weighted by Gasteiger charge is 2.21. The van der Waals surface area contributed by atoms with Crippen LogP contribution in [-0.4, -0.2) is 27.0 Å². The number of hydrogen-bond acceptors (Lipinski definition) is 8. The molecular formula is C27H25N3O6. The van der Waals surface area contributed by atoms with Crippen molar-refractivity contribution in [3.63, 3.8) is 0 Å². The monoisotopic (exact) mass is 487 g/mol. The van der Waals surface area contributed by atoms with Gasteiger partial charge in [0.2, 0.25) is 12.2 Å². The molecule has 3 heterocycles. The van der Waals surface area contributed by atoms with Gasteiger partial charge in [-0.2, -0.15) is 0 Å². The third-order valence-corrected chi connectivity index (χ3v) is 5.51. The molecule has 0 amide bonds. The summed E-state index contributed by atoms with van der Waals surface area (Å²) < 4.78 is 30.5. The second-order valence-corrected chi connectivity index (χ2v) is 7.92. The number of furan rings is 1. The molecule has 0 fully saturated rings. The van der Waals surface area contributed by atoms with Gasteiger partial charge in [0.1, 0.15) is 17.2 Å². The van der Waals surface area contributed by atoms with Gasteiger partial charge in [0.25, 0.3) is 5.89 Å². The molecule has 5 aromatic rings. The van der Waals surface area contributed by atoms with E-state index in [-0.39, 0.29) is 13.2 Å². The molecule has 1 N–H and O–H groups in total. The Bertz CT molecular complexity index is 1410. The average Bonchev–Trinajstić information content (AvgIpc) is 3.67. The van der Waals surface area contributed by atoms with Crippen molar-refractivity contribution >= 4 is 0 Å². The van der Waals surface area contributed by atoms with Gasteiger partial charge in [0.05, 0.1) is 38.0 Å². The topological polar surface area (TPSA) is 105 Å². The lowest BCUT2D eigenvalue weighted by atomic mass is 10.2. The lowest BCUT2D eigenvalue weighted by Gasteiger charge is -2.18. The van der Waals surface area contributed by atoms with E-state index >= 15 is 0 Å². The van der Waals surface area contributed by atoms with Gasteiger partial charge in [-0.3, -0.25) is 0 Å². The number of aliphatic hydroxyl groups is 1. The maximum Gasteiger partial charge on any atom is 0.263 e. The number of aromatic nitrogens is 3. The Morgan fingerprint density at radius 2 is 1.89 bits per heavy atom. The van der Waals surface area contributed by atoms with Crippen LogP contribution in [0.4, 0.5) is 0 Å². The summed E-state index contributed by atoms with van der Waals surface area (Å²) in [5.74, 6) is 2.48. The molecule has 0 bridgehead atoms. The molecule has 0 radical (unpaired) electrons. The van der Waals surface area contributed by atoms with Crippen LogP contribution in [0.2, 0.25) is 0 Å². The van der Waals surface area contributed by atoms with Crippen LogP contribution in [0.15, 0.2) is 87.9 Å². The molecule has 9 nitrogen and oxygen atoms in total. The van der Waals surface area contributed by atoms with Gasteiger partial charge in [-0.1, -0.05) is 30.3 Å². The molecular weight excluding hydrogens is 462 g/mol. The first-order valence-electron chi connectivity index (χ1n) is 11.3. The van der Waals surface area contributed by atoms with E-state index in [2.05, 4.69) is 10.1 Å². The number of aliphatic hydroxyl groups excluding tert-OH is 1. The Hall–Kier alpha value is -4.34. The number of benzene rings is 2. The first-order valence-corrected chi connectivity index (χ1v) is 11.3. The summed E-state index contributed by atoms with van der Waals surface area (Å²) in [7, 11) is 1.60. The van der Waals surface area contributed by atoms with E-state index in [0.717, 1.165) is 11.3 Å². The van der Waals surface area contributed by atoms with Gasteiger partial charge in [0, 0.05) is 11.6 Å². The SMILES string of the molecule is COc1cccc(C(OCc2nc(-c3ccco3)oc2C)Oc2cc(CO)n(-c3ccccc3)n2)c1. The Morgan fingerprint density at radius 3 is 2.64 bits per heavy atom. The maximum atomic E-state index is 9.89. The lowest BCUT2D eigenvalue weighted by Crippen LogP contribution is -2.13. The first-order chi connectivity index (χ1) is 17.6. The highest BCUT2D eigenvalue weighted by Crippen LogP contribution is 2.29. The third kappa shape index (κ3) is 5.02. The van der Waals surface area contributed by atoms with Crippen molar-refractivity contribution in [2.45, 2.75) is 26.4 Å².